The Hall–Kier alpha value is -3.22. The van der Waals surface area contributed by atoms with Crippen molar-refractivity contribution in [1.29, 1.82) is 0 Å². The van der Waals surface area contributed by atoms with Gasteiger partial charge in [0.1, 0.15) is 0 Å². The topological polar surface area (TPSA) is 99.4 Å². The zero-order valence-electron chi connectivity index (χ0n) is 14.8. The van der Waals surface area contributed by atoms with Crippen LogP contribution in [0.25, 0.3) is 0 Å². The van der Waals surface area contributed by atoms with E-state index in [1.807, 2.05) is 12.1 Å². The van der Waals surface area contributed by atoms with Gasteiger partial charge in [0.15, 0.2) is 19.0 Å². The highest BCUT2D eigenvalue weighted by atomic mass is 16.5. The molecule has 0 aliphatic carbocycles. The Balaban J connectivity index is 1.88. The van der Waals surface area contributed by atoms with Crippen molar-refractivity contribution >= 4 is 17.8 Å². The molecule has 0 fully saturated rings. The smallest absolute Gasteiger partial charge is 0.339 e. The van der Waals surface area contributed by atoms with Crippen molar-refractivity contribution < 1.29 is 23.9 Å². The van der Waals surface area contributed by atoms with Gasteiger partial charge in [0.2, 0.25) is 0 Å². The van der Waals surface area contributed by atoms with Crippen molar-refractivity contribution in [3.8, 4) is 0 Å². The number of pyridine rings is 1. The van der Waals surface area contributed by atoms with Gasteiger partial charge < -0.3 is 9.94 Å². The van der Waals surface area contributed by atoms with Gasteiger partial charge in [-0.25, -0.2) is 4.79 Å². The molecule has 0 aliphatic rings. The van der Waals surface area contributed by atoms with E-state index in [0.717, 1.165) is 18.0 Å². The number of benzene rings is 1. The maximum atomic E-state index is 12.1. The maximum Gasteiger partial charge on any atom is 0.339 e. The molecule has 0 saturated heterocycles. The zero-order chi connectivity index (χ0) is 19.3. The third kappa shape index (κ3) is 5.14. The molecule has 2 amide bonds. The fourth-order valence-electron chi connectivity index (χ4n) is 2.12. The van der Waals surface area contributed by atoms with E-state index in [2.05, 4.69) is 26.1 Å². The molecule has 1 aromatic heterocycles. The molecule has 136 valence electrons. The van der Waals surface area contributed by atoms with Crippen LogP contribution in [-0.2, 0) is 14.9 Å². The van der Waals surface area contributed by atoms with Gasteiger partial charge in [0.25, 0.3) is 11.8 Å². The molecule has 0 saturated carbocycles. The van der Waals surface area contributed by atoms with Crippen LogP contribution < -0.4 is 10.0 Å². The number of esters is 1. The highest BCUT2D eigenvalue weighted by molar-refractivity contribution is 6.05. The van der Waals surface area contributed by atoms with Gasteiger partial charge in [0.05, 0.1) is 5.56 Å². The van der Waals surface area contributed by atoms with Crippen LogP contribution in [0.4, 0.5) is 0 Å². The van der Waals surface area contributed by atoms with Gasteiger partial charge in [-0.1, -0.05) is 32.9 Å². The SMILES string of the molecule is CC(C)(C)c1ccc(C(=O)NC(=O)COC(=O)c2cc[n+]([O-])cc2)cc1. The lowest BCUT2D eigenvalue weighted by Gasteiger charge is -2.18. The van der Waals surface area contributed by atoms with Crippen LogP contribution in [0.5, 0.6) is 0 Å². The first-order chi connectivity index (χ1) is 12.2. The lowest BCUT2D eigenvalue weighted by molar-refractivity contribution is -0.605. The minimum absolute atomic E-state index is 0.0399. The Morgan fingerprint density at radius 3 is 2.12 bits per heavy atom. The second-order valence-electron chi connectivity index (χ2n) is 6.73. The van der Waals surface area contributed by atoms with Crippen LogP contribution in [0.2, 0.25) is 0 Å². The summed E-state index contributed by atoms with van der Waals surface area (Å²) < 4.78 is 5.34. The van der Waals surface area contributed by atoms with Crippen LogP contribution >= 0.6 is 0 Å². The summed E-state index contributed by atoms with van der Waals surface area (Å²) in [6.45, 7) is 5.58. The van der Waals surface area contributed by atoms with E-state index >= 15 is 0 Å². The molecule has 7 heteroatoms. The molecular formula is C19H20N2O5. The van der Waals surface area contributed by atoms with Gasteiger partial charge in [-0.15, -0.1) is 0 Å². The van der Waals surface area contributed by atoms with Crippen LogP contribution in [0.3, 0.4) is 0 Å². The molecule has 0 bridgehead atoms. The average molecular weight is 356 g/mol. The van der Waals surface area contributed by atoms with Crippen molar-refractivity contribution in [2.24, 2.45) is 0 Å². The lowest BCUT2D eigenvalue weighted by Crippen LogP contribution is -2.34. The van der Waals surface area contributed by atoms with E-state index in [1.165, 1.54) is 12.1 Å². The quantitative estimate of drug-likeness (QED) is 0.511. The van der Waals surface area contributed by atoms with E-state index in [4.69, 9.17) is 4.74 Å². The Labute approximate surface area is 151 Å². The molecule has 0 radical (unpaired) electrons. The Morgan fingerprint density at radius 1 is 1.00 bits per heavy atom. The van der Waals surface area contributed by atoms with Crippen LogP contribution in [0.1, 0.15) is 47.1 Å². The lowest BCUT2D eigenvalue weighted by atomic mass is 9.87. The second kappa shape index (κ2) is 7.77. The van der Waals surface area contributed by atoms with Crippen molar-refractivity contribution in [2.75, 3.05) is 6.61 Å². The molecule has 2 aromatic rings. The largest absolute Gasteiger partial charge is 0.619 e. The molecule has 1 aromatic carbocycles. The highest BCUT2D eigenvalue weighted by Crippen LogP contribution is 2.22. The minimum atomic E-state index is -0.761. The highest BCUT2D eigenvalue weighted by Gasteiger charge is 2.16. The van der Waals surface area contributed by atoms with Crippen LogP contribution in [0.15, 0.2) is 48.8 Å². The number of nitrogens with zero attached hydrogens (tertiary/aromatic N) is 1. The molecule has 1 heterocycles. The number of hydrogen-bond donors (Lipinski definition) is 1. The molecule has 2 rings (SSSR count). The van der Waals surface area contributed by atoms with Gasteiger partial charge in [-0.3, -0.25) is 14.9 Å². The summed E-state index contributed by atoms with van der Waals surface area (Å²) in [6.07, 6.45) is 2.28. The first-order valence-corrected chi connectivity index (χ1v) is 7.97. The standard InChI is InChI=1S/C19H20N2O5/c1-19(2,3)15-6-4-13(5-7-15)17(23)20-16(22)12-26-18(24)14-8-10-21(25)11-9-14/h4-11H,12H2,1-3H3,(H,20,22,23). The number of aromatic nitrogens is 1. The number of imide groups is 1. The predicted molar refractivity (Wildman–Crippen MR) is 93.3 cm³/mol. The number of rotatable bonds is 4. The fraction of sp³-hybridized carbons (Fsp3) is 0.263. The summed E-state index contributed by atoms with van der Waals surface area (Å²) in [5.41, 5.74) is 1.49. The van der Waals surface area contributed by atoms with Crippen molar-refractivity contribution in [3.63, 3.8) is 0 Å². The maximum absolute atomic E-state index is 12.1. The molecule has 0 aliphatic heterocycles. The summed E-state index contributed by atoms with van der Waals surface area (Å²) in [6, 6.07) is 9.48. The molecule has 7 nitrogen and oxygen atoms in total. The Bertz CT molecular complexity index is 805. The van der Waals surface area contributed by atoms with Crippen LogP contribution in [-0.4, -0.2) is 24.4 Å². The van der Waals surface area contributed by atoms with Gasteiger partial charge >= 0.3 is 5.97 Å². The number of carbonyl (C=O) groups is 3. The minimum Gasteiger partial charge on any atom is -0.619 e. The summed E-state index contributed by atoms with van der Waals surface area (Å²) in [5, 5.41) is 13.1. The fourth-order valence-corrected chi connectivity index (χ4v) is 2.12. The summed E-state index contributed by atoms with van der Waals surface area (Å²) in [5.74, 6) is -2.07. The number of hydrogen-bond acceptors (Lipinski definition) is 5. The zero-order valence-corrected chi connectivity index (χ0v) is 14.8. The summed E-state index contributed by atoms with van der Waals surface area (Å²) in [7, 11) is 0. The van der Waals surface area contributed by atoms with E-state index in [9.17, 15) is 19.6 Å². The molecule has 0 spiro atoms. The van der Waals surface area contributed by atoms with Crippen molar-refractivity contribution in [1.82, 2.24) is 5.32 Å². The van der Waals surface area contributed by atoms with E-state index < -0.39 is 24.4 Å². The number of nitrogens with one attached hydrogen (secondary N) is 1. The normalized spacial score (nSPS) is 10.9. The monoisotopic (exact) mass is 356 g/mol. The average Bonchev–Trinajstić information content (AvgIpc) is 2.59. The molecule has 1 N–H and O–H groups in total. The van der Waals surface area contributed by atoms with Crippen molar-refractivity contribution in [2.45, 2.75) is 26.2 Å². The van der Waals surface area contributed by atoms with E-state index in [0.29, 0.717) is 10.3 Å². The third-order valence-corrected chi connectivity index (χ3v) is 3.64. The second-order valence-corrected chi connectivity index (χ2v) is 6.73. The number of carbonyl (C=O) groups excluding carboxylic acids is 3. The number of ether oxygens (including phenoxy) is 1. The van der Waals surface area contributed by atoms with Gasteiger partial charge in [-0.2, -0.15) is 4.73 Å². The first-order valence-electron chi connectivity index (χ1n) is 7.97. The number of amides is 2. The Kier molecular flexibility index (Phi) is 5.71. The molecular weight excluding hydrogens is 336 g/mol. The molecule has 26 heavy (non-hydrogen) atoms. The predicted octanol–water partition coefficient (Wildman–Crippen LogP) is 1.73. The summed E-state index contributed by atoms with van der Waals surface area (Å²) >= 11 is 0. The van der Waals surface area contributed by atoms with E-state index in [1.54, 1.807) is 12.1 Å². The van der Waals surface area contributed by atoms with E-state index in [-0.39, 0.29) is 11.0 Å². The van der Waals surface area contributed by atoms with Crippen molar-refractivity contribution in [3.05, 3.63) is 70.7 Å². The first kappa shape index (κ1) is 19.1. The van der Waals surface area contributed by atoms with Gasteiger partial charge in [0, 0.05) is 17.7 Å². The molecule has 0 atom stereocenters. The Morgan fingerprint density at radius 2 is 1.58 bits per heavy atom. The third-order valence-electron chi connectivity index (χ3n) is 3.64. The van der Waals surface area contributed by atoms with Crippen LogP contribution in [0, 0.1) is 5.21 Å². The van der Waals surface area contributed by atoms with Gasteiger partial charge in [-0.05, 0) is 23.1 Å². The summed E-state index contributed by atoms with van der Waals surface area (Å²) in [4.78, 5) is 35.6. The molecule has 0 unspecified atom stereocenters.